The van der Waals surface area contributed by atoms with Crippen LogP contribution in [0, 0.1) is 11.3 Å². The summed E-state index contributed by atoms with van der Waals surface area (Å²) in [7, 11) is 0. The number of nitrogens with one attached hydrogen (secondary N) is 1. The molecule has 1 fully saturated rings. The molecule has 0 aromatic rings. The highest BCUT2D eigenvalue weighted by Crippen LogP contribution is 2.17. The van der Waals surface area contributed by atoms with Crippen LogP contribution in [0.1, 0.15) is 0 Å². The lowest BCUT2D eigenvalue weighted by atomic mass is 10.6. The fourth-order valence-electron chi connectivity index (χ4n) is 0.489. The summed E-state index contributed by atoms with van der Waals surface area (Å²) >= 11 is 1.35. The van der Waals surface area contributed by atoms with Crippen LogP contribution in [0.5, 0.6) is 0 Å². The summed E-state index contributed by atoms with van der Waals surface area (Å²) in [5, 5.41) is 11.3. The summed E-state index contributed by atoms with van der Waals surface area (Å²) in [5.74, 6) is 0.412. The molecule has 1 aliphatic heterocycles. The molecular weight excluding hydrogens is 136 g/mol. The van der Waals surface area contributed by atoms with Gasteiger partial charge in [-0.3, -0.25) is 4.79 Å². The van der Waals surface area contributed by atoms with Crippen molar-refractivity contribution in [3.63, 3.8) is 0 Å². The highest BCUT2D eigenvalue weighted by Gasteiger charge is 2.13. The normalized spacial score (nSPS) is 21.7. The fraction of sp³-hybridized carbons (Fsp3) is 0.200. The molecule has 1 heterocycles. The number of thioether (sulfide) groups is 1. The molecule has 0 aliphatic carbocycles. The van der Waals surface area contributed by atoms with Crippen LogP contribution in [0.2, 0.25) is 0 Å². The smallest absolute Gasteiger partial charge is 0.235 e. The Hall–Kier alpha value is -0.950. The van der Waals surface area contributed by atoms with E-state index in [9.17, 15) is 4.79 Å². The number of hydrogen-bond acceptors (Lipinski definition) is 3. The second kappa shape index (κ2) is 2.55. The number of nitriles is 1. The monoisotopic (exact) mass is 140 g/mol. The van der Waals surface area contributed by atoms with Crippen LogP contribution >= 0.6 is 11.8 Å². The number of allylic oxidation sites excluding steroid dienone is 1. The fourth-order valence-corrected chi connectivity index (χ4v) is 1.17. The van der Waals surface area contributed by atoms with Gasteiger partial charge in [0.2, 0.25) is 5.91 Å². The maximum Gasteiger partial charge on any atom is 0.235 e. The summed E-state index contributed by atoms with van der Waals surface area (Å²) in [5.41, 5.74) is 0. The van der Waals surface area contributed by atoms with E-state index in [2.05, 4.69) is 5.32 Å². The third-order valence-corrected chi connectivity index (χ3v) is 1.75. The predicted octanol–water partition coefficient (Wildman–Crippen LogP) is 0.214. The molecule has 46 valence electrons. The standard InChI is InChI=1S/C5H4N2OS/c6-2-1-5-7-4(8)3-9-5/h1H,3H2,(H,7,8)/b5-1+. The van der Waals surface area contributed by atoms with Crippen LogP contribution in [0.15, 0.2) is 11.1 Å². The Kier molecular flexibility index (Phi) is 1.75. The van der Waals surface area contributed by atoms with E-state index in [0.29, 0.717) is 10.8 Å². The molecular formula is C5H4N2OS. The van der Waals surface area contributed by atoms with E-state index in [0.717, 1.165) is 0 Å². The van der Waals surface area contributed by atoms with Crippen LogP contribution in [-0.4, -0.2) is 11.7 Å². The van der Waals surface area contributed by atoms with Gasteiger partial charge in [-0.1, -0.05) is 11.8 Å². The summed E-state index contributed by atoms with van der Waals surface area (Å²) in [6.45, 7) is 0. The van der Waals surface area contributed by atoms with Gasteiger partial charge in [0.15, 0.2) is 0 Å². The van der Waals surface area contributed by atoms with Crippen molar-refractivity contribution < 1.29 is 4.79 Å². The lowest BCUT2D eigenvalue weighted by Crippen LogP contribution is -2.13. The van der Waals surface area contributed by atoms with E-state index < -0.39 is 0 Å². The van der Waals surface area contributed by atoms with Gasteiger partial charge < -0.3 is 5.32 Å². The third-order valence-electron chi connectivity index (χ3n) is 0.817. The largest absolute Gasteiger partial charge is 0.319 e. The number of amides is 1. The molecule has 1 amide bonds. The van der Waals surface area contributed by atoms with Crippen LogP contribution in [0.4, 0.5) is 0 Å². The van der Waals surface area contributed by atoms with Gasteiger partial charge in [0.25, 0.3) is 0 Å². The molecule has 3 nitrogen and oxygen atoms in total. The quantitative estimate of drug-likeness (QED) is 0.489. The lowest BCUT2D eigenvalue weighted by Gasteiger charge is -1.86. The van der Waals surface area contributed by atoms with Gasteiger partial charge in [-0.15, -0.1) is 0 Å². The van der Waals surface area contributed by atoms with E-state index in [1.54, 1.807) is 0 Å². The Morgan fingerprint density at radius 2 is 2.67 bits per heavy atom. The summed E-state index contributed by atoms with van der Waals surface area (Å²) in [4.78, 5) is 10.4. The molecule has 1 rings (SSSR count). The Balaban J connectivity index is 2.60. The van der Waals surface area contributed by atoms with Gasteiger partial charge in [-0.25, -0.2) is 0 Å². The SMILES string of the molecule is N#C/C=C1\NC(=O)CS1. The van der Waals surface area contributed by atoms with E-state index in [1.165, 1.54) is 17.8 Å². The average Bonchev–Trinajstić information content (AvgIpc) is 2.17. The molecule has 0 aromatic carbocycles. The first-order valence-electron chi connectivity index (χ1n) is 2.35. The molecule has 0 atom stereocenters. The topological polar surface area (TPSA) is 52.9 Å². The zero-order valence-corrected chi connectivity index (χ0v) is 5.36. The molecule has 0 bridgehead atoms. The maximum atomic E-state index is 10.4. The Morgan fingerprint density at radius 1 is 1.89 bits per heavy atom. The number of carbonyl (C=O) groups is 1. The summed E-state index contributed by atoms with van der Waals surface area (Å²) in [6, 6.07) is 1.83. The summed E-state index contributed by atoms with van der Waals surface area (Å²) in [6.07, 6.45) is 1.33. The van der Waals surface area contributed by atoms with Crippen molar-refractivity contribution in [3.8, 4) is 6.07 Å². The van der Waals surface area contributed by atoms with E-state index in [4.69, 9.17) is 5.26 Å². The van der Waals surface area contributed by atoms with Crippen molar-refractivity contribution in [1.29, 1.82) is 5.26 Å². The number of nitrogens with zero attached hydrogens (tertiary/aromatic N) is 1. The Bertz CT molecular complexity index is 203. The molecule has 0 radical (unpaired) electrons. The van der Waals surface area contributed by atoms with Crippen molar-refractivity contribution in [2.75, 3.05) is 5.75 Å². The number of rotatable bonds is 0. The average molecular weight is 140 g/mol. The van der Waals surface area contributed by atoms with Gasteiger partial charge in [0.1, 0.15) is 0 Å². The molecule has 4 heteroatoms. The van der Waals surface area contributed by atoms with E-state index >= 15 is 0 Å². The first kappa shape index (κ1) is 6.17. The zero-order valence-electron chi connectivity index (χ0n) is 4.55. The van der Waals surface area contributed by atoms with Gasteiger partial charge in [0, 0.05) is 6.08 Å². The van der Waals surface area contributed by atoms with Gasteiger partial charge in [-0.2, -0.15) is 5.26 Å². The first-order chi connectivity index (χ1) is 4.33. The van der Waals surface area contributed by atoms with Crippen molar-refractivity contribution in [1.82, 2.24) is 5.32 Å². The maximum absolute atomic E-state index is 10.4. The van der Waals surface area contributed by atoms with Crippen molar-refractivity contribution in [3.05, 3.63) is 11.1 Å². The molecule has 1 saturated heterocycles. The van der Waals surface area contributed by atoms with Crippen LogP contribution in [0.25, 0.3) is 0 Å². The molecule has 1 N–H and O–H groups in total. The molecule has 9 heavy (non-hydrogen) atoms. The van der Waals surface area contributed by atoms with Gasteiger partial charge >= 0.3 is 0 Å². The van der Waals surface area contributed by atoms with Crippen LogP contribution in [0.3, 0.4) is 0 Å². The molecule has 0 saturated carbocycles. The summed E-state index contributed by atoms with van der Waals surface area (Å²) < 4.78 is 0. The van der Waals surface area contributed by atoms with Crippen molar-refractivity contribution >= 4 is 17.7 Å². The zero-order chi connectivity index (χ0) is 6.69. The predicted molar refractivity (Wildman–Crippen MR) is 34.3 cm³/mol. The minimum Gasteiger partial charge on any atom is -0.319 e. The second-order valence-electron chi connectivity index (χ2n) is 1.47. The lowest BCUT2D eigenvalue weighted by molar-refractivity contribution is -0.117. The Morgan fingerprint density at radius 3 is 3.11 bits per heavy atom. The molecule has 1 aliphatic rings. The van der Waals surface area contributed by atoms with Crippen molar-refractivity contribution in [2.45, 2.75) is 0 Å². The van der Waals surface area contributed by atoms with Crippen molar-refractivity contribution in [2.24, 2.45) is 0 Å². The molecule has 0 aromatic heterocycles. The van der Waals surface area contributed by atoms with Gasteiger partial charge in [-0.05, 0) is 0 Å². The van der Waals surface area contributed by atoms with E-state index in [-0.39, 0.29) is 5.91 Å². The van der Waals surface area contributed by atoms with Crippen LogP contribution in [-0.2, 0) is 4.79 Å². The number of hydrogen-bond donors (Lipinski definition) is 1. The minimum absolute atomic E-state index is 0.0264. The molecule has 0 spiro atoms. The number of carbonyl (C=O) groups excluding carboxylic acids is 1. The second-order valence-corrected chi connectivity index (χ2v) is 2.49. The first-order valence-corrected chi connectivity index (χ1v) is 3.34. The van der Waals surface area contributed by atoms with Gasteiger partial charge in [0.05, 0.1) is 16.9 Å². The molecule has 0 unspecified atom stereocenters. The highest BCUT2D eigenvalue weighted by atomic mass is 32.2. The van der Waals surface area contributed by atoms with Crippen LogP contribution < -0.4 is 5.32 Å². The van der Waals surface area contributed by atoms with E-state index in [1.807, 2.05) is 6.07 Å². The highest BCUT2D eigenvalue weighted by molar-refractivity contribution is 8.04. The third kappa shape index (κ3) is 1.47. The Labute approximate surface area is 56.7 Å². The minimum atomic E-state index is -0.0264.